The molecule has 0 saturated carbocycles. The largest absolute Gasteiger partial charge is 0.320 e. The third kappa shape index (κ3) is 2.99. The number of fused-ring (bicyclic) bond motifs is 1. The molecule has 0 saturated heterocycles. The summed E-state index contributed by atoms with van der Waals surface area (Å²) in [4.78, 5) is 15.2. The third-order valence-electron chi connectivity index (χ3n) is 3.49. The van der Waals surface area contributed by atoms with Crippen molar-refractivity contribution in [2.45, 2.75) is 19.4 Å². The Bertz CT molecular complexity index is 724. The molecule has 0 atom stereocenters. The highest BCUT2D eigenvalue weighted by Gasteiger charge is 2.24. The number of benzene rings is 1. The number of thiophene rings is 1. The highest BCUT2D eigenvalue weighted by atomic mass is 32.1. The molecule has 0 bridgehead atoms. The first-order valence-corrected chi connectivity index (χ1v) is 7.80. The normalized spacial score (nSPS) is 13.6. The van der Waals surface area contributed by atoms with E-state index in [0.717, 1.165) is 22.5 Å². The molecule has 3 nitrogen and oxygen atoms in total. The van der Waals surface area contributed by atoms with E-state index in [0.29, 0.717) is 19.5 Å². The van der Waals surface area contributed by atoms with Crippen LogP contribution in [0.4, 0.5) is 5.69 Å². The van der Waals surface area contributed by atoms with Gasteiger partial charge in [-0.25, -0.2) is 0 Å². The summed E-state index contributed by atoms with van der Waals surface area (Å²) in [5, 5.41) is 2.01. The van der Waals surface area contributed by atoms with Gasteiger partial charge < -0.3 is 10.6 Å². The van der Waals surface area contributed by atoms with Crippen molar-refractivity contribution in [2.24, 2.45) is 5.73 Å². The molecule has 2 heterocycles. The minimum absolute atomic E-state index is 0.191. The molecular formula is C17H16N2OS. The van der Waals surface area contributed by atoms with Crippen LogP contribution in [0.5, 0.6) is 0 Å². The maximum atomic E-state index is 12.2. The molecule has 0 fully saturated rings. The number of aryl methyl sites for hydroxylation is 1. The van der Waals surface area contributed by atoms with Gasteiger partial charge in [0.15, 0.2) is 0 Å². The zero-order valence-corrected chi connectivity index (χ0v) is 12.5. The second kappa shape index (κ2) is 6.13. The lowest BCUT2D eigenvalue weighted by atomic mass is 10.0. The van der Waals surface area contributed by atoms with Gasteiger partial charge in [-0.3, -0.25) is 4.79 Å². The first-order valence-electron chi connectivity index (χ1n) is 6.92. The van der Waals surface area contributed by atoms with Crippen molar-refractivity contribution in [1.29, 1.82) is 0 Å². The van der Waals surface area contributed by atoms with Crippen LogP contribution in [0.3, 0.4) is 0 Å². The Kier molecular flexibility index (Phi) is 4.05. The van der Waals surface area contributed by atoms with Crippen molar-refractivity contribution >= 4 is 22.9 Å². The Labute approximate surface area is 128 Å². The minimum Gasteiger partial charge on any atom is -0.320 e. The van der Waals surface area contributed by atoms with Crippen LogP contribution in [0.2, 0.25) is 0 Å². The van der Waals surface area contributed by atoms with Crippen molar-refractivity contribution in [1.82, 2.24) is 0 Å². The van der Waals surface area contributed by atoms with E-state index in [1.807, 2.05) is 34.5 Å². The molecule has 1 amide bonds. The molecule has 3 rings (SSSR count). The smallest absolute Gasteiger partial charge is 0.227 e. The molecular weight excluding hydrogens is 280 g/mol. The number of rotatable bonds is 2. The zero-order chi connectivity index (χ0) is 14.7. The van der Waals surface area contributed by atoms with E-state index in [2.05, 4.69) is 17.9 Å². The molecule has 1 aromatic carbocycles. The maximum Gasteiger partial charge on any atom is 0.227 e. The monoisotopic (exact) mass is 296 g/mol. The van der Waals surface area contributed by atoms with E-state index < -0.39 is 0 Å². The fourth-order valence-electron chi connectivity index (χ4n) is 2.51. The predicted octanol–water partition coefficient (Wildman–Crippen LogP) is 2.54. The van der Waals surface area contributed by atoms with Crippen LogP contribution in [-0.2, 0) is 17.8 Å². The van der Waals surface area contributed by atoms with E-state index in [1.54, 1.807) is 11.3 Å². The lowest BCUT2D eigenvalue weighted by molar-refractivity contribution is -0.119. The number of carbonyl (C=O) groups excluding carboxylic acids is 1. The van der Waals surface area contributed by atoms with E-state index in [9.17, 15) is 4.79 Å². The van der Waals surface area contributed by atoms with Crippen molar-refractivity contribution in [3.05, 3.63) is 51.7 Å². The number of amides is 1. The van der Waals surface area contributed by atoms with Gasteiger partial charge >= 0.3 is 0 Å². The number of anilines is 1. The van der Waals surface area contributed by atoms with E-state index in [-0.39, 0.29) is 5.91 Å². The van der Waals surface area contributed by atoms with Crippen LogP contribution in [-0.4, -0.2) is 12.5 Å². The van der Waals surface area contributed by atoms with Crippen molar-refractivity contribution in [3.63, 3.8) is 0 Å². The summed E-state index contributed by atoms with van der Waals surface area (Å²) in [6, 6.07) is 10.2. The highest BCUT2D eigenvalue weighted by molar-refractivity contribution is 7.10. The zero-order valence-electron chi connectivity index (χ0n) is 11.6. The highest BCUT2D eigenvalue weighted by Crippen LogP contribution is 2.30. The van der Waals surface area contributed by atoms with E-state index in [1.165, 1.54) is 5.56 Å². The lowest BCUT2D eigenvalue weighted by Crippen LogP contribution is -2.34. The second-order valence-electron chi connectivity index (χ2n) is 4.92. The van der Waals surface area contributed by atoms with Crippen LogP contribution < -0.4 is 10.6 Å². The Morgan fingerprint density at radius 2 is 2.14 bits per heavy atom. The Hall–Kier alpha value is -2.09. The van der Waals surface area contributed by atoms with Crippen LogP contribution >= 0.6 is 11.3 Å². The third-order valence-corrected chi connectivity index (χ3v) is 4.42. The van der Waals surface area contributed by atoms with Gasteiger partial charge in [-0.15, -0.1) is 11.3 Å². The number of hydrogen-bond donors (Lipinski definition) is 1. The topological polar surface area (TPSA) is 46.3 Å². The molecule has 106 valence electrons. The molecule has 1 aliphatic heterocycles. The summed E-state index contributed by atoms with van der Waals surface area (Å²) in [5.41, 5.74) is 8.64. The first kappa shape index (κ1) is 13.9. The van der Waals surface area contributed by atoms with Gasteiger partial charge in [0, 0.05) is 27.9 Å². The minimum atomic E-state index is 0.191. The summed E-state index contributed by atoms with van der Waals surface area (Å²) in [7, 11) is 0. The summed E-state index contributed by atoms with van der Waals surface area (Å²) in [6.07, 6.45) is 1.42. The average Bonchev–Trinajstić information content (AvgIpc) is 2.96. The summed E-state index contributed by atoms with van der Waals surface area (Å²) >= 11 is 1.63. The van der Waals surface area contributed by atoms with Crippen LogP contribution in [0.25, 0.3) is 0 Å². The van der Waals surface area contributed by atoms with Gasteiger partial charge in [-0.1, -0.05) is 30.0 Å². The Morgan fingerprint density at radius 3 is 3.00 bits per heavy atom. The number of nitrogens with zero attached hydrogens (tertiary/aromatic N) is 1. The van der Waals surface area contributed by atoms with E-state index in [4.69, 9.17) is 5.73 Å². The van der Waals surface area contributed by atoms with Crippen molar-refractivity contribution in [2.75, 3.05) is 11.4 Å². The summed E-state index contributed by atoms with van der Waals surface area (Å²) in [6.45, 7) is 0.980. The average molecular weight is 296 g/mol. The SMILES string of the molecule is NCC#Cc1csc(CN2C(=O)CCc3ccccc32)c1. The molecule has 0 unspecified atom stereocenters. The molecule has 4 heteroatoms. The molecule has 1 aromatic heterocycles. The lowest BCUT2D eigenvalue weighted by Gasteiger charge is -2.29. The van der Waals surface area contributed by atoms with Crippen LogP contribution in [0, 0.1) is 11.8 Å². The van der Waals surface area contributed by atoms with Crippen molar-refractivity contribution < 1.29 is 4.79 Å². The predicted molar refractivity (Wildman–Crippen MR) is 86.2 cm³/mol. The van der Waals surface area contributed by atoms with Crippen molar-refractivity contribution in [3.8, 4) is 11.8 Å². The number of para-hydroxylation sites is 1. The number of nitrogens with two attached hydrogens (primary N) is 1. The van der Waals surface area contributed by atoms with Gasteiger partial charge in [0.25, 0.3) is 0 Å². The first-order chi connectivity index (χ1) is 10.3. The Morgan fingerprint density at radius 1 is 1.29 bits per heavy atom. The quantitative estimate of drug-likeness (QED) is 0.866. The molecule has 2 aromatic rings. The summed E-state index contributed by atoms with van der Waals surface area (Å²) in [5.74, 6) is 6.07. The van der Waals surface area contributed by atoms with Gasteiger partial charge in [-0.2, -0.15) is 0 Å². The van der Waals surface area contributed by atoms with Gasteiger partial charge in [-0.05, 0) is 24.1 Å². The van der Waals surface area contributed by atoms with Crippen LogP contribution in [0.15, 0.2) is 35.7 Å². The second-order valence-corrected chi connectivity index (χ2v) is 5.91. The molecule has 0 radical (unpaired) electrons. The summed E-state index contributed by atoms with van der Waals surface area (Å²) < 4.78 is 0. The number of carbonyl (C=O) groups is 1. The fraction of sp³-hybridized carbons (Fsp3) is 0.235. The van der Waals surface area contributed by atoms with E-state index >= 15 is 0 Å². The molecule has 0 spiro atoms. The molecule has 1 aliphatic rings. The Balaban J connectivity index is 1.84. The number of hydrogen-bond acceptors (Lipinski definition) is 3. The standard InChI is InChI=1S/C17H16N2OS/c18-9-3-4-13-10-15(21-12-13)11-19-16-6-2-1-5-14(16)7-8-17(19)20/h1-2,5-6,10,12H,7-9,11,18H2. The van der Waals surface area contributed by atoms with Gasteiger partial charge in [0.2, 0.25) is 5.91 Å². The fourth-order valence-corrected chi connectivity index (χ4v) is 3.31. The molecule has 2 N–H and O–H groups in total. The maximum absolute atomic E-state index is 12.2. The molecule has 21 heavy (non-hydrogen) atoms. The van der Waals surface area contributed by atoms with Gasteiger partial charge in [0.1, 0.15) is 0 Å². The molecule has 0 aliphatic carbocycles. The van der Waals surface area contributed by atoms with Crippen LogP contribution in [0.1, 0.15) is 22.4 Å². The van der Waals surface area contributed by atoms with Gasteiger partial charge in [0.05, 0.1) is 13.1 Å².